The number of aromatic nitrogens is 1. The van der Waals surface area contributed by atoms with Crippen LogP contribution < -0.4 is 9.47 Å². The molecule has 0 saturated heterocycles. The largest absolute Gasteiger partial charge is 0.619 e. The fourth-order valence-electron chi connectivity index (χ4n) is 2.78. The molecule has 28 heavy (non-hydrogen) atoms. The lowest BCUT2D eigenvalue weighted by Crippen LogP contribution is -2.26. The van der Waals surface area contributed by atoms with Gasteiger partial charge in [0.05, 0.1) is 4.90 Å². The molecule has 13 heteroatoms. The molecule has 1 heterocycles. The van der Waals surface area contributed by atoms with Gasteiger partial charge >= 0.3 is 5.51 Å². The molecule has 1 aliphatic rings. The number of hydrogen-bond donors (Lipinski definition) is 1. The number of nitrogens with zero attached hydrogens (tertiary/aromatic N) is 1. The molecule has 152 valence electrons. The minimum atomic E-state index is -6.01. The SMILES string of the molecule is O=S(=O)(c1ccc(Oc2cc(Cl)c[n+]([O-])c2)c2c1C(O)C(F)(F)C2)C(F)(F)F. The number of sulfone groups is 1. The van der Waals surface area contributed by atoms with E-state index in [-0.39, 0.29) is 15.5 Å². The van der Waals surface area contributed by atoms with Gasteiger partial charge in [0.1, 0.15) is 16.9 Å². The minimum Gasteiger partial charge on any atom is -0.619 e. The van der Waals surface area contributed by atoms with E-state index < -0.39 is 55.6 Å². The summed E-state index contributed by atoms with van der Waals surface area (Å²) < 4.78 is 95.7. The van der Waals surface area contributed by atoms with Gasteiger partial charge < -0.3 is 15.1 Å². The third kappa shape index (κ3) is 3.35. The number of halogens is 6. The minimum absolute atomic E-state index is 0.0780. The van der Waals surface area contributed by atoms with Gasteiger partial charge in [-0.1, -0.05) is 11.6 Å². The molecule has 3 rings (SSSR count). The number of hydrogen-bond acceptors (Lipinski definition) is 5. The quantitative estimate of drug-likeness (QED) is 0.445. The zero-order chi connectivity index (χ0) is 21.1. The van der Waals surface area contributed by atoms with E-state index in [1.165, 1.54) is 0 Å². The highest BCUT2D eigenvalue weighted by Crippen LogP contribution is 2.51. The highest BCUT2D eigenvalue weighted by Gasteiger charge is 2.55. The Morgan fingerprint density at radius 1 is 1.29 bits per heavy atom. The van der Waals surface area contributed by atoms with Crippen molar-refractivity contribution in [1.82, 2.24) is 0 Å². The van der Waals surface area contributed by atoms with E-state index in [0.717, 1.165) is 24.5 Å². The second kappa shape index (κ2) is 6.42. The lowest BCUT2D eigenvalue weighted by atomic mass is 10.1. The summed E-state index contributed by atoms with van der Waals surface area (Å²) in [5, 5.41) is 21.1. The molecule has 0 bridgehead atoms. The van der Waals surface area contributed by atoms with Crippen LogP contribution in [0.25, 0.3) is 0 Å². The summed E-state index contributed by atoms with van der Waals surface area (Å²) >= 11 is 5.67. The number of pyridine rings is 1. The highest BCUT2D eigenvalue weighted by atomic mass is 35.5. The molecule has 0 saturated carbocycles. The second-order valence-electron chi connectivity index (χ2n) is 5.90. The predicted molar refractivity (Wildman–Crippen MR) is 83.8 cm³/mol. The number of alkyl halides is 5. The van der Waals surface area contributed by atoms with Gasteiger partial charge in [0.2, 0.25) is 6.20 Å². The van der Waals surface area contributed by atoms with Crippen LogP contribution in [0.4, 0.5) is 22.0 Å². The Hall–Kier alpha value is -2.18. The van der Waals surface area contributed by atoms with E-state index in [9.17, 15) is 40.7 Å². The van der Waals surface area contributed by atoms with Crippen LogP contribution in [-0.4, -0.2) is 25.0 Å². The first kappa shape index (κ1) is 20.6. The molecule has 1 aromatic heterocycles. The van der Waals surface area contributed by atoms with Crippen LogP contribution in [0.1, 0.15) is 17.2 Å². The van der Waals surface area contributed by atoms with E-state index in [2.05, 4.69) is 0 Å². The van der Waals surface area contributed by atoms with Gasteiger partial charge in [0.25, 0.3) is 15.8 Å². The number of aliphatic hydroxyl groups excluding tert-OH is 1. The Morgan fingerprint density at radius 3 is 2.50 bits per heavy atom. The van der Waals surface area contributed by atoms with Crippen molar-refractivity contribution >= 4 is 21.4 Å². The highest BCUT2D eigenvalue weighted by molar-refractivity contribution is 7.92. The maximum atomic E-state index is 14.0. The van der Waals surface area contributed by atoms with Crippen molar-refractivity contribution < 1.29 is 44.9 Å². The van der Waals surface area contributed by atoms with Crippen LogP contribution in [0.15, 0.2) is 35.5 Å². The molecule has 6 nitrogen and oxygen atoms in total. The summed E-state index contributed by atoms with van der Waals surface area (Å²) in [5.41, 5.74) is -7.49. The third-order valence-electron chi connectivity index (χ3n) is 3.97. The topological polar surface area (TPSA) is 90.5 Å². The molecular formula is C15H9ClF5NO5S. The second-order valence-corrected chi connectivity index (χ2v) is 8.24. The zero-order valence-electron chi connectivity index (χ0n) is 13.4. The molecule has 0 aliphatic heterocycles. The summed E-state index contributed by atoms with van der Waals surface area (Å²) in [6.07, 6.45) is -2.24. The van der Waals surface area contributed by atoms with Crippen molar-refractivity contribution in [1.29, 1.82) is 0 Å². The number of fused-ring (bicyclic) bond motifs is 1. The molecule has 2 aromatic rings. The Labute approximate surface area is 159 Å². The molecule has 0 fully saturated rings. The van der Waals surface area contributed by atoms with Crippen molar-refractivity contribution in [2.45, 2.75) is 28.9 Å². The summed E-state index contributed by atoms with van der Waals surface area (Å²) in [7, 11) is -6.01. The van der Waals surface area contributed by atoms with Crippen molar-refractivity contribution in [2.75, 3.05) is 0 Å². The summed E-state index contributed by atoms with van der Waals surface area (Å²) in [6.45, 7) is 0. The van der Waals surface area contributed by atoms with Gasteiger partial charge in [-0.15, -0.1) is 0 Å². The molecular weight excluding hydrogens is 437 g/mol. The van der Waals surface area contributed by atoms with E-state index in [0.29, 0.717) is 6.07 Å². The molecule has 1 aliphatic carbocycles. The predicted octanol–water partition coefficient (Wildman–Crippen LogP) is 3.28. The monoisotopic (exact) mass is 445 g/mol. The van der Waals surface area contributed by atoms with Crippen LogP contribution in [0.3, 0.4) is 0 Å². The van der Waals surface area contributed by atoms with E-state index in [1.54, 1.807) is 0 Å². The summed E-state index contributed by atoms with van der Waals surface area (Å²) in [6, 6.07) is 2.28. The van der Waals surface area contributed by atoms with E-state index in [1.807, 2.05) is 0 Å². The fraction of sp³-hybridized carbons (Fsp3) is 0.267. The van der Waals surface area contributed by atoms with Crippen molar-refractivity contribution in [3.05, 3.63) is 51.9 Å². The molecule has 1 atom stereocenters. The van der Waals surface area contributed by atoms with Crippen molar-refractivity contribution in [2.24, 2.45) is 0 Å². The number of benzene rings is 1. The number of ether oxygens (including phenoxy) is 1. The lowest BCUT2D eigenvalue weighted by Gasteiger charge is -2.17. The third-order valence-corrected chi connectivity index (χ3v) is 5.72. The van der Waals surface area contributed by atoms with Gasteiger partial charge in [0.15, 0.2) is 11.9 Å². The molecule has 1 N–H and O–H groups in total. The van der Waals surface area contributed by atoms with Crippen LogP contribution in [0.5, 0.6) is 11.5 Å². The zero-order valence-corrected chi connectivity index (χ0v) is 14.9. The molecule has 1 unspecified atom stereocenters. The van der Waals surface area contributed by atoms with Gasteiger partial charge in [-0.05, 0) is 12.1 Å². The molecule has 0 spiro atoms. The average molecular weight is 446 g/mol. The molecule has 0 radical (unpaired) electrons. The molecule has 0 amide bonds. The summed E-state index contributed by atoms with van der Waals surface area (Å²) in [5.74, 6) is -4.61. The number of rotatable bonds is 3. The smallest absolute Gasteiger partial charge is 0.501 e. The number of aliphatic hydroxyl groups is 1. The van der Waals surface area contributed by atoms with E-state index in [4.69, 9.17) is 16.3 Å². The van der Waals surface area contributed by atoms with Crippen molar-refractivity contribution in [3.63, 3.8) is 0 Å². The van der Waals surface area contributed by atoms with Crippen LogP contribution >= 0.6 is 11.6 Å². The Morgan fingerprint density at radius 2 is 1.93 bits per heavy atom. The Bertz CT molecular complexity index is 1040. The Balaban J connectivity index is 2.19. The average Bonchev–Trinajstić information content (AvgIpc) is 2.76. The van der Waals surface area contributed by atoms with Gasteiger partial charge in [-0.25, -0.2) is 17.2 Å². The summed E-state index contributed by atoms with van der Waals surface area (Å²) in [4.78, 5) is -1.49. The van der Waals surface area contributed by atoms with Gasteiger partial charge in [-0.3, -0.25) is 0 Å². The van der Waals surface area contributed by atoms with E-state index >= 15 is 0 Å². The lowest BCUT2D eigenvalue weighted by molar-refractivity contribution is -0.605. The standard InChI is InChI=1S/C15H9ClF5NO5S/c16-7-3-8(6-22(24)5-7)27-10-1-2-11(28(25,26)15(19,20)21)12-9(10)4-14(17,18)13(12)23/h1-3,5-6,13,23H,4H2. The first-order valence-corrected chi connectivity index (χ1v) is 9.20. The van der Waals surface area contributed by atoms with Crippen LogP contribution in [-0.2, 0) is 16.3 Å². The van der Waals surface area contributed by atoms with Crippen molar-refractivity contribution in [3.8, 4) is 11.5 Å². The van der Waals surface area contributed by atoms with Crippen LogP contribution in [0, 0.1) is 5.21 Å². The molecule has 1 aromatic carbocycles. The maximum Gasteiger partial charge on any atom is 0.501 e. The fourth-order valence-corrected chi connectivity index (χ4v) is 4.01. The first-order chi connectivity index (χ1) is 12.7. The normalized spacial score (nSPS) is 18.8. The van der Waals surface area contributed by atoms with Crippen LogP contribution in [0.2, 0.25) is 5.02 Å². The van der Waals surface area contributed by atoms with Gasteiger partial charge in [0, 0.05) is 23.6 Å². The first-order valence-electron chi connectivity index (χ1n) is 7.34. The maximum absolute atomic E-state index is 14.0. The Kier molecular flexibility index (Phi) is 4.72. The van der Waals surface area contributed by atoms with Gasteiger partial charge in [-0.2, -0.15) is 17.9 Å².